The number of nitrogens with zero attached hydrogens (tertiary/aromatic N) is 2. The van der Waals surface area contributed by atoms with E-state index in [9.17, 15) is 22.9 Å². The molecule has 0 radical (unpaired) electrons. The highest BCUT2D eigenvalue weighted by molar-refractivity contribution is 7.86. The first-order chi connectivity index (χ1) is 17.5. The molecule has 190 valence electrons. The topological polar surface area (TPSA) is 138 Å². The molecule has 0 atom stereocenters. The van der Waals surface area contributed by atoms with Gasteiger partial charge in [0.2, 0.25) is 0 Å². The van der Waals surface area contributed by atoms with Gasteiger partial charge in [-0.15, -0.1) is 5.11 Å². The molecule has 4 rings (SSSR count). The summed E-state index contributed by atoms with van der Waals surface area (Å²) in [6.45, 7) is 1.56. The zero-order valence-corrected chi connectivity index (χ0v) is 21.7. The van der Waals surface area contributed by atoms with Crippen molar-refractivity contribution in [3.8, 4) is 11.5 Å². The number of carbonyl (C=O) groups excluding carboxylic acids is 1. The average Bonchev–Trinajstić information content (AvgIpc) is 2.84. The molecule has 3 N–H and O–H groups in total. The number of rotatable bonds is 6. The third-order valence-electron chi connectivity index (χ3n) is 5.44. The van der Waals surface area contributed by atoms with E-state index < -0.39 is 26.7 Å². The Hall–Kier alpha value is -3.70. The van der Waals surface area contributed by atoms with Gasteiger partial charge in [0.15, 0.2) is 5.75 Å². The quantitative estimate of drug-likeness (QED) is 0.170. The molecular weight excluding hydrogens is 541 g/mol. The number of halogens is 2. The monoisotopic (exact) mass is 559 g/mol. The number of hydrogen-bond acceptors (Lipinski definition) is 7. The number of ether oxygens (including phenoxy) is 1. The molecule has 4 aromatic carbocycles. The summed E-state index contributed by atoms with van der Waals surface area (Å²) in [6, 6.07) is 15.6. The summed E-state index contributed by atoms with van der Waals surface area (Å²) in [5.41, 5.74) is 0.899. The minimum absolute atomic E-state index is 0.0189. The van der Waals surface area contributed by atoms with Gasteiger partial charge in [-0.25, -0.2) is 0 Å². The Labute approximate surface area is 222 Å². The highest BCUT2D eigenvalue weighted by Gasteiger charge is 2.20. The minimum Gasteiger partial charge on any atom is -0.505 e. The molecule has 0 saturated carbocycles. The maximum absolute atomic E-state index is 13.1. The predicted octanol–water partition coefficient (Wildman–Crippen LogP) is 7.08. The normalized spacial score (nSPS) is 11.7. The number of benzene rings is 4. The third kappa shape index (κ3) is 5.52. The maximum atomic E-state index is 13.1. The maximum Gasteiger partial charge on any atom is 0.296 e. The molecule has 9 nitrogen and oxygen atoms in total. The number of fused-ring (bicyclic) bond motifs is 1. The van der Waals surface area contributed by atoms with Crippen LogP contribution in [0, 0.1) is 6.92 Å². The largest absolute Gasteiger partial charge is 0.505 e. The van der Waals surface area contributed by atoms with Crippen molar-refractivity contribution in [2.75, 3.05) is 12.4 Å². The van der Waals surface area contributed by atoms with Gasteiger partial charge in [-0.2, -0.15) is 13.5 Å². The molecule has 0 aliphatic carbocycles. The molecule has 0 aliphatic rings. The van der Waals surface area contributed by atoms with Crippen molar-refractivity contribution in [2.24, 2.45) is 10.2 Å². The second kappa shape index (κ2) is 10.3. The number of phenolic OH excluding ortho intramolecular Hbond substituents is 1. The lowest BCUT2D eigenvalue weighted by Gasteiger charge is -2.12. The standard InChI is InChI=1S/C25H19Cl2N3O6S/c1-13-9-22(37(33,34)35)19(27)12-20(13)29-30-23-16-6-4-3-5-14(16)10-17(24(23)31)25(32)28-15-7-8-21(36-2)18(26)11-15/h3-12,31H,1-2H3,(H,28,32)(H,33,34,35). The molecule has 1 amide bonds. The first-order valence-corrected chi connectivity index (χ1v) is 12.8. The summed E-state index contributed by atoms with van der Waals surface area (Å²) < 4.78 is 37.5. The summed E-state index contributed by atoms with van der Waals surface area (Å²) in [5.74, 6) is -0.591. The Morgan fingerprint density at radius 1 is 1.00 bits per heavy atom. The second-order valence-corrected chi connectivity index (χ2v) is 10.1. The van der Waals surface area contributed by atoms with E-state index in [2.05, 4.69) is 15.5 Å². The van der Waals surface area contributed by atoms with Crippen LogP contribution in [-0.4, -0.2) is 31.1 Å². The number of carbonyl (C=O) groups is 1. The van der Waals surface area contributed by atoms with E-state index in [-0.39, 0.29) is 22.0 Å². The number of methoxy groups -OCH3 is 1. The van der Waals surface area contributed by atoms with E-state index in [0.717, 1.165) is 6.07 Å². The van der Waals surface area contributed by atoms with Crippen molar-refractivity contribution in [1.29, 1.82) is 0 Å². The van der Waals surface area contributed by atoms with E-state index >= 15 is 0 Å². The SMILES string of the molecule is COc1ccc(NC(=O)c2cc3ccccc3c(N=Nc3cc(Cl)c(S(=O)(=O)O)cc3C)c2O)cc1Cl. The van der Waals surface area contributed by atoms with E-state index in [1.165, 1.54) is 25.3 Å². The summed E-state index contributed by atoms with van der Waals surface area (Å²) in [5, 5.41) is 23.2. The second-order valence-electron chi connectivity index (χ2n) is 7.89. The summed E-state index contributed by atoms with van der Waals surface area (Å²) in [6.07, 6.45) is 0. The number of amides is 1. The smallest absolute Gasteiger partial charge is 0.296 e. The van der Waals surface area contributed by atoms with E-state index in [0.29, 0.717) is 32.8 Å². The highest BCUT2D eigenvalue weighted by atomic mass is 35.5. The molecule has 12 heteroatoms. The molecule has 4 aromatic rings. The number of azo groups is 1. The van der Waals surface area contributed by atoms with Gasteiger partial charge in [-0.3, -0.25) is 9.35 Å². The van der Waals surface area contributed by atoms with Crippen molar-refractivity contribution in [1.82, 2.24) is 0 Å². The zero-order valence-electron chi connectivity index (χ0n) is 19.4. The van der Waals surface area contributed by atoms with E-state index in [1.54, 1.807) is 43.3 Å². The Bertz CT molecular complexity index is 1690. The molecule has 0 aliphatic heterocycles. The van der Waals surface area contributed by atoms with Crippen LogP contribution in [-0.2, 0) is 10.1 Å². The lowest BCUT2D eigenvalue weighted by molar-refractivity contribution is 0.102. The Morgan fingerprint density at radius 2 is 1.73 bits per heavy atom. The molecule has 0 bridgehead atoms. The predicted molar refractivity (Wildman–Crippen MR) is 142 cm³/mol. The van der Waals surface area contributed by atoms with Crippen molar-refractivity contribution in [3.05, 3.63) is 81.8 Å². The Kier molecular flexibility index (Phi) is 7.37. The zero-order chi connectivity index (χ0) is 26.9. The number of nitrogens with one attached hydrogen (secondary N) is 1. The van der Waals surface area contributed by atoms with Crippen molar-refractivity contribution >= 4 is 67.1 Å². The fourth-order valence-corrected chi connectivity index (χ4v) is 4.93. The van der Waals surface area contributed by atoms with Crippen molar-refractivity contribution < 1.29 is 27.6 Å². The van der Waals surface area contributed by atoms with Crippen LogP contribution in [0.25, 0.3) is 10.8 Å². The van der Waals surface area contributed by atoms with Gasteiger partial charge in [0, 0.05) is 11.1 Å². The van der Waals surface area contributed by atoms with Crippen LogP contribution in [0.1, 0.15) is 15.9 Å². The van der Waals surface area contributed by atoms with Crippen LogP contribution in [0.4, 0.5) is 17.1 Å². The number of phenols is 1. The number of anilines is 1. The summed E-state index contributed by atoms with van der Waals surface area (Å²) in [7, 11) is -3.05. The van der Waals surface area contributed by atoms with E-state index in [4.69, 9.17) is 27.9 Å². The van der Waals surface area contributed by atoms with Crippen molar-refractivity contribution in [3.63, 3.8) is 0 Å². The van der Waals surface area contributed by atoms with Gasteiger partial charge in [-0.05, 0) is 54.3 Å². The number of aromatic hydroxyl groups is 1. The molecule has 0 saturated heterocycles. The van der Waals surface area contributed by atoms with Crippen LogP contribution >= 0.6 is 23.2 Å². The molecule has 0 heterocycles. The molecule has 0 aromatic heterocycles. The van der Waals surface area contributed by atoms with Crippen LogP contribution < -0.4 is 10.1 Å². The Balaban J connectivity index is 1.77. The van der Waals surface area contributed by atoms with Gasteiger partial charge in [0.1, 0.15) is 16.3 Å². The van der Waals surface area contributed by atoms with Gasteiger partial charge in [-0.1, -0.05) is 47.5 Å². The van der Waals surface area contributed by atoms with Crippen molar-refractivity contribution in [2.45, 2.75) is 11.8 Å². The average molecular weight is 560 g/mol. The lowest BCUT2D eigenvalue weighted by Crippen LogP contribution is -2.12. The molecule has 0 spiro atoms. The van der Waals surface area contributed by atoms with Gasteiger partial charge < -0.3 is 15.2 Å². The third-order valence-corrected chi connectivity index (χ3v) is 7.05. The lowest BCUT2D eigenvalue weighted by atomic mass is 10.0. The summed E-state index contributed by atoms with van der Waals surface area (Å²) in [4.78, 5) is 12.6. The van der Waals surface area contributed by atoms with Crippen LogP contribution in [0.2, 0.25) is 10.0 Å². The number of hydrogen-bond donors (Lipinski definition) is 3. The fraction of sp³-hybridized carbons (Fsp3) is 0.0800. The summed E-state index contributed by atoms with van der Waals surface area (Å²) >= 11 is 12.1. The highest BCUT2D eigenvalue weighted by Crippen LogP contribution is 2.40. The number of aryl methyl sites for hydroxylation is 1. The molecule has 37 heavy (non-hydrogen) atoms. The minimum atomic E-state index is -4.53. The van der Waals surface area contributed by atoms with Crippen LogP contribution in [0.3, 0.4) is 0 Å². The van der Waals surface area contributed by atoms with Gasteiger partial charge in [0.25, 0.3) is 16.0 Å². The first-order valence-electron chi connectivity index (χ1n) is 10.6. The van der Waals surface area contributed by atoms with Crippen LogP contribution in [0.5, 0.6) is 11.5 Å². The molecular formula is C25H19Cl2N3O6S. The Morgan fingerprint density at radius 3 is 2.41 bits per heavy atom. The first kappa shape index (κ1) is 26.4. The van der Waals surface area contributed by atoms with E-state index in [1.807, 2.05) is 0 Å². The fourth-order valence-electron chi connectivity index (χ4n) is 3.59. The van der Waals surface area contributed by atoms with Gasteiger partial charge in [0.05, 0.1) is 28.4 Å². The molecule has 0 fully saturated rings. The van der Waals surface area contributed by atoms with Gasteiger partial charge >= 0.3 is 0 Å². The molecule has 0 unspecified atom stereocenters. The van der Waals surface area contributed by atoms with Crippen LogP contribution in [0.15, 0.2) is 75.8 Å².